The van der Waals surface area contributed by atoms with Gasteiger partial charge in [-0.25, -0.2) is 0 Å². The van der Waals surface area contributed by atoms with Gasteiger partial charge in [0.2, 0.25) is 0 Å². The highest BCUT2D eigenvalue weighted by atomic mass is 14.1. The molecule has 0 aromatic carbocycles. The Bertz CT molecular complexity index is 138. The normalized spacial score (nSPS) is 13.5. The molecule has 0 fully saturated rings. The van der Waals surface area contributed by atoms with E-state index in [0.29, 0.717) is 5.41 Å². The van der Waals surface area contributed by atoms with Crippen molar-refractivity contribution in [3.05, 3.63) is 24.3 Å². The summed E-state index contributed by atoms with van der Waals surface area (Å²) in [6.07, 6.45) is 11.2. The van der Waals surface area contributed by atoms with Gasteiger partial charge in [0, 0.05) is 0 Å². The van der Waals surface area contributed by atoms with Crippen LogP contribution in [0.3, 0.4) is 0 Å². The molecule has 0 radical (unpaired) electrons. The number of hydrogen-bond donors (Lipinski definition) is 0. The second kappa shape index (κ2) is 5.17. The molecule has 0 N–H and O–H groups in total. The Hall–Kier alpha value is -0.520. The van der Waals surface area contributed by atoms with Gasteiger partial charge in [-0.3, -0.25) is 0 Å². The van der Waals surface area contributed by atoms with Crippen LogP contribution < -0.4 is 0 Å². The van der Waals surface area contributed by atoms with E-state index < -0.39 is 0 Å². The fraction of sp³-hybridized carbons (Fsp3) is 0.636. The first-order valence-corrected chi connectivity index (χ1v) is 4.41. The summed E-state index contributed by atoms with van der Waals surface area (Å²) < 4.78 is 0. The summed E-state index contributed by atoms with van der Waals surface area (Å²) in [5.74, 6) is 0. The molecule has 0 spiro atoms. The monoisotopic (exact) mass is 152 g/mol. The topological polar surface area (TPSA) is 0 Å². The lowest BCUT2D eigenvalue weighted by molar-refractivity contribution is 0.487. The Balaban J connectivity index is 3.88. The Kier molecular flexibility index (Phi) is 4.93. The molecule has 11 heavy (non-hydrogen) atoms. The van der Waals surface area contributed by atoms with Crippen LogP contribution in [0.5, 0.6) is 0 Å². The van der Waals surface area contributed by atoms with E-state index in [2.05, 4.69) is 52.0 Å². The van der Waals surface area contributed by atoms with Crippen LogP contribution in [0.15, 0.2) is 24.3 Å². The van der Waals surface area contributed by atoms with Crippen LogP contribution in [0.1, 0.15) is 40.5 Å². The third-order valence-corrected chi connectivity index (χ3v) is 1.68. The molecule has 0 unspecified atom stereocenters. The van der Waals surface area contributed by atoms with Gasteiger partial charge >= 0.3 is 0 Å². The lowest BCUT2D eigenvalue weighted by Gasteiger charge is -2.17. The summed E-state index contributed by atoms with van der Waals surface area (Å²) >= 11 is 0. The molecule has 0 rings (SSSR count). The van der Waals surface area contributed by atoms with Crippen molar-refractivity contribution in [2.24, 2.45) is 5.41 Å². The number of allylic oxidation sites excluding steroid dienone is 4. The van der Waals surface area contributed by atoms with Gasteiger partial charge in [-0.1, -0.05) is 45.1 Å². The zero-order chi connectivity index (χ0) is 8.74. The van der Waals surface area contributed by atoms with Gasteiger partial charge < -0.3 is 0 Å². The molecule has 64 valence electrons. The van der Waals surface area contributed by atoms with Crippen LogP contribution in [-0.2, 0) is 0 Å². The quantitative estimate of drug-likeness (QED) is 0.535. The fourth-order valence-electron chi connectivity index (χ4n) is 0.927. The van der Waals surface area contributed by atoms with Gasteiger partial charge in [-0.15, -0.1) is 0 Å². The highest BCUT2D eigenvalue weighted by Gasteiger charge is 2.09. The smallest absolute Gasteiger partial charge is 0.0140 e. The standard InChI is InChI=1S/C11H20/c1-5-7-9-11(3,4)10-8-6-2/h5,7-8,10H,6,9H2,1-4H3/b7-5+,10-8+. The minimum atomic E-state index is 0.336. The molecule has 0 aliphatic heterocycles. The molecule has 0 saturated carbocycles. The minimum absolute atomic E-state index is 0.336. The van der Waals surface area contributed by atoms with E-state index >= 15 is 0 Å². The van der Waals surface area contributed by atoms with E-state index in [9.17, 15) is 0 Å². The van der Waals surface area contributed by atoms with E-state index in [1.807, 2.05) is 0 Å². The molecule has 0 bridgehead atoms. The van der Waals surface area contributed by atoms with Crippen LogP contribution >= 0.6 is 0 Å². The fourth-order valence-corrected chi connectivity index (χ4v) is 0.927. The predicted octanol–water partition coefficient (Wildman–Crippen LogP) is 3.95. The van der Waals surface area contributed by atoms with Crippen molar-refractivity contribution >= 4 is 0 Å². The van der Waals surface area contributed by atoms with Gasteiger partial charge in [0.15, 0.2) is 0 Å². The maximum atomic E-state index is 2.30. The number of rotatable bonds is 4. The maximum absolute atomic E-state index is 2.30. The van der Waals surface area contributed by atoms with Crippen molar-refractivity contribution in [2.45, 2.75) is 40.5 Å². The average Bonchev–Trinajstić information content (AvgIpc) is 1.97. The van der Waals surface area contributed by atoms with Crippen molar-refractivity contribution < 1.29 is 0 Å². The molecule has 0 nitrogen and oxygen atoms in total. The van der Waals surface area contributed by atoms with E-state index in [4.69, 9.17) is 0 Å². The second-order valence-corrected chi connectivity index (χ2v) is 3.57. The summed E-state index contributed by atoms with van der Waals surface area (Å²) in [4.78, 5) is 0. The van der Waals surface area contributed by atoms with Crippen LogP contribution in [0, 0.1) is 5.41 Å². The molecule has 0 heteroatoms. The molecule has 0 atom stereocenters. The van der Waals surface area contributed by atoms with Gasteiger partial charge in [0.05, 0.1) is 0 Å². The molecule has 0 aliphatic rings. The van der Waals surface area contributed by atoms with Crippen molar-refractivity contribution in [1.82, 2.24) is 0 Å². The van der Waals surface area contributed by atoms with Gasteiger partial charge in [-0.05, 0) is 25.2 Å². The van der Waals surface area contributed by atoms with Crippen LogP contribution in [0.4, 0.5) is 0 Å². The molecule has 0 saturated heterocycles. The lowest BCUT2D eigenvalue weighted by atomic mass is 9.88. The third kappa shape index (κ3) is 5.90. The van der Waals surface area contributed by atoms with Gasteiger partial charge in [0.1, 0.15) is 0 Å². The van der Waals surface area contributed by atoms with Crippen molar-refractivity contribution in [3.63, 3.8) is 0 Å². The molecule has 0 aromatic heterocycles. The van der Waals surface area contributed by atoms with Crippen molar-refractivity contribution in [1.29, 1.82) is 0 Å². The Labute approximate surface area is 71.0 Å². The van der Waals surface area contributed by atoms with Gasteiger partial charge in [0.25, 0.3) is 0 Å². The summed E-state index contributed by atoms with van der Waals surface area (Å²) in [6.45, 7) is 8.76. The Morgan fingerprint density at radius 3 is 2.27 bits per heavy atom. The minimum Gasteiger partial charge on any atom is -0.0916 e. The third-order valence-electron chi connectivity index (χ3n) is 1.68. The molecular weight excluding hydrogens is 132 g/mol. The maximum Gasteiger partial charge on any atom is -0.0140 e. The summed E-state index contributed by atoms with van der Waals surface area (Å²) in [7, 11) is 0. The molecule has 0 heterocycles. The molecule has 0 amide bonds. The zero-order valence-corrected chi connectivity index (χ0v) is 8.22. The van der Waals surface area contributed by atoms with E-state index in [1.165, 1.54) is 0 Å². The highest BCUT2D eigenvalue weighted by molar-refractivity contribution is 4.98. The van der Waals surface area contributed by atoms with E-state index in [-0.39, 0.29) is 0 Å². The second-order valence-electron chi connectivity index (χ2n) is 3.57. The highest BCUT2D eigenvalue weighted by Crippen LogP contribution is 2.22. The average molecular weight is 152 g/mol. The zero-order valence-electron chi connectivity index (χ0n) is 8.22. The Morgan fingerprint density at radius 2 is 1.82 bits per heavy atom. The molecule has 0 aliphatic carbocycles. The number of hydrogen-bond acceptors (Lipinski definition) is 0. The van der Waals surface area contributed by atoms with E-state index in [0.717, 1.165) is 12.8 Å². The van der Waals surface area contributed by atoms with Crippen LogP contribution in [0.2, 0.25) is 0 Å². The van der Waals surface area contributed by atoms with Crippen LogP contribution in [-0.4, -0.2) is 0 Å². The summed E-state index contributed by atoms with van der Waals surface area (Å²) in [5, 5.41) is 0. The van der Waals surface area contributed by atoms with Crippen molar-refractivity contribution in [3.8, 4) is 0 Å². The van der Waals surface area contributed by atoms with Crippen molar-refractivity contribution in [2.75, 3.05) is 0 Å². The summed E-state index contributed by atoms with van der Waals surface area (Å²) in [5.41, 5.74) is 0.336. The first-order valence-electron chi connectivity index (χ1n) is 4.41. The first kappa shape index (κ1) is 10.5. The first-order chi connectivity index (χ1) is 5.12. The van der Waals surface area contributed by atoms with Gasteiger partial charge in [-0.2, -0.15) is 0 Å². The van der Waals surface area contributed by atoms with E-state index in [1.54, 1.807) is 0 Å². The lowest BCUT2D eigenvalue weighted by Crippen LogP contribution is -2.04. The molecule has 0 aromatic rings. The SMILES string of the molecule is C/C=C/CC(C)(C)/C=C/CC. The largest absolute Gasteiger partial charge is 0.0916 e. The molecular formula is C11H20. The predicted molar refractivity (Wildman–Crippen MR) is 52.6 cm³/mol. The Morgan fingerprint density at radius 1 is 1.18 bits per heavy atom. The van der Waals surface area contributed by atoms with Crippen LogP contribution in [0.25, 0.3) is 0 Å². The summed E-state index contributed by atoms with van der Waals surface area (Å²) in [6, 6.07) is 0.